The van der Waals surface area contributed by atoms with Gasteiger partial charge in [0.2, 0.25) is 20.0 Å². The molecule has 1 aliphatic heterocycles. The Bertz CT molecular complexity index is 1890. The number of rotatable bonds is 8. The number of furan rings is 1. The second-order valence-corrected chi connectivity index (χ2v) is 15.0. The average molecular weight is 628 g/mol. The van der Waals surface area contributed by atoms with E-state index in [-0.39, 0.29) is 24.1 Å². The van der Waals surface area contributed by atoms with Crippen LogP contribution >= 0.6 is 0 Å². The van der Waals surface area contributed by atoms with E-state index in [1.807, 2.05) is 31.2 Å². The van der Waals surface area contributed by atoms with Crippen LogP contribution in [0, 0.1) is 12.7 Å². The molecule has 1 aromatic heterocycles. The number of carbonyl (C=O) groups excluding carboxylic acids is 1. The van der Waals surface area contributed by atoms with Gasteiger partial charge in [-0.3, -0.25) is 9.10 Å². The molecule has 1 saturated heterocycles. The van der Waals surface area contributed by atoms with E-state index in [1.54, 1.807) is 12.1 Å². The number of carbonyl (C=O) groups is 1. The molecular weight excluding hydrogens is 593 g/mol. The second-order valence-electron chi connectivity index (χ2n) is 11.0. The van der Waals surface area contributed by atoms with Crippen molar-refractivity contribution in [2.45, 2.75) is 31.4 Å². The third-order valence-corrected chi connectivity index (χ3v) is 10.9. The van der Waals surface area contributed by atoms with Crippen LogP contribution < -0.4 is 9.62 Å². The van der Waals surface area contributed by atoms with E-state index >= 15 is 0 Å². The van der Waals surface area contributed by atoms with E-state index in [2.05, 4.69) is 5.32 Å². The van der Waals surface area contributed by atoms with Crippen LogP contribution in [0.2, 0.25) is 0 Å². The van der Waals surface area contributed by atoms with Gasteiger partial charge in [0, 0.05) is 44.2 Å². The molecular formula is C31H34FN3O6S2. The molecule has 0 aliphatic carbocycles. The number of hydrogen-bond donors (Lipinski definition) is 1. The normalized spacial score (nSPS) is 16.3. The van der Waals surface area contributed by atoms with E-state index in [1.165, 1.54) is 42.7 Å². The van der Waals surface area contributed by atoms with Gasteiger partial charge in [-0.05, 0) is 55.0 Å². The number of benzene rings is 3. The molecule has 1 atom stereocenters. The molecule has 5 rings (SSSR count). The molecule has 3 aromatic carbocycles. The molecule has 1 aliphatic rings. The van der Waals surface area contributed by atoms with Crippen LogP contribution in [0.3, 0.4) is 0 Å². The van der Waals surface area contributed by atoms with Gasteiger partial charge in [-0.15, -0.1) is 0 Å². The number of fused-ring (bicyclic) bond motifs is 1. The van der Waals surface area contributed by atoms with Crippen molar-refractivity contribution in [1.29, 1.82) is 0 Å². The van der Waals surface area contributed by atoms with Crippen LogP contribution in [0.5, 0.6) is 0 Å². The fourth-order valence-electron chi connectivity index (χ4n) is 5.52. The van der Waals surface area contributed by atoms with Gasteiger partial charge in [0.25, 0.3) is 5.91 Å². The van der Waals surface area contributed by atoms with Crippen molar-refractivity contribution in [3.05, 3.63) is 88.7 Å². The summed E-state index contributed by atoms with van der Waals surface area (Å²) in [6.07, 6.45) is 2.25. The SMILES string of the molecule is CNC(=O)c1c(-c2ccc(C)cc2)oc2cc(N(C)S(C)(=O)=O)c([C@H]3CCCN(S(=O)(=O)Cc4ccc(F)cc4)C3)cc12. The molecule has 0 radical (unpaired) electrons. The maximum atomic E-state index is 13.4. The van der Waals surface area contributed by atoms with E-state index in [0.717, 1.165) is 16.1 Å². The van der Waals surface area contributed by atoms with Gasteiger partial charge in [-0.2, -0.15) is 0 Å². The van der Waals surface area contributed by atoms with Gasteiger partial charge in [-0.1, -0.05) is 42.0 Å². The summed E-state index contributed by atoms with van der Waals surface area (Å²) in [5.41, 5.74) is 3.80. The first-order valence-electron chi connectivity index (χ1n) is 13.8. The maximum Gasteiger partial charge on any atom is 0.255 e. The molecule has 0 unspecified atom stereocenters. The molecule has 43 heavy (non-hydrogen) atoms. The van der Waals surface area contributed by atoms with Crippen LogP contribution in [0.15, 0.2) is 65.1 Å². The Morgan fingerprint density at radius 3 is 2.37 bits per heavy atom. The van der Waals surface area contributed by atoms with Gasteiger partial charge < -0.3 is 9.73 Å². The molecule has 9 nitrogen and oxygen atoms in total. The Hall–Kier alpha value is -3.74. The summed E-state index contributed by atoms with van der Waals surface area (Å²) in [4.78, 5) is 13.2. The zero-order valence-corrected chi connectivity index (χ0v) is 26.1. The zero-order valence-electron chi connectivity index (χ0n) is 24.4. The maximum absolute atomic E-state index is 13.4. The van der Waals surface area contributed by atoms with E-state index in [0.29, 0.717) is 64.1 Å². The minimum absolute atomic E-state index is 0.123. The summed E-state index contributed by atoms with van der Waals surface area (Å²) in [5.74, 6) is -1.10. The first kappa shape index (κ1) is 30.7. The number of anilines is 1. The summed E-state index contributed by atoms with van der Waals surface area (Å²) in [6, 6.07) is 16.3. The number of nitrogens with one attached hydrogen (secondary N) is 1. The highest BCUT2D eigenvalue weighted by molar-refractivity contribution is 7.92. The van der Waals surface area contributed by atoms with E-state index in [4.69, 9.17) is 4.42 Å². The highest BCUT2D eigenvalue weighted by Gasteiger charge is 2.33. The average Bonchev–Trinajstić information content (AvgIpc) is 3.35. The summed E-state index contributed by atoms with van der Waals surface area (Å²) >= 11 is 0. The lowest BCUT2D eigenvalue weighted by Gasteiger charge is -2.34. The molecule has 0 spiro atoms. The lowest BCUT2D eigenvalue weighted by atomic mass is 9.89. The fourth-order valence-corrected chi connectivity index (χ4v) is 7.64. The standard InChI is InChI=1S/C31H34FN3O6S2/c1-20-7-11-22(12-8-20)30-29(31(36)33-2)26-16-25(27(17-28(26)41-30)34(3)42(4,37)38)23-6-5-15-35(18-23)43(39,40)19-21-9-13-24(32)14-10-21/h7-14,16-17,23H,5-6,15,18-19H2,1-4H3,(H,33,36)/t23-/m0/s1. The van der Waals surface area contributed by atoms with Crippen LogP contribution in [0.1, 0.15) is 45.8 Å². The van der Waals surface area contributed by atoms with Gasteiger partial charge in [0.1, 0.15) is 17.2 Å². The molecule has 1 N–H and O–H groups in total. The van der Waals surface area contributed by atoms with Crippen molar-refractivity contribution in [2.24, 2.45) is 0 Å². The van der Waals surface area contributed by atoms with Crippen LogP contribution in [-0.4, -0.2) is 60.5 Å². The number of aryl methyl sites for hydroxylation is 1. The summed E-state index contributed by atoms with van der Waals surface area (Å²) in [6.45, 7) is 2.39. The molecule has 228 valence electrons. The Morgan fingerprint density at radius 2 is 1.74 bits per heavy atom. The first-order chi connectivity index (χ1) is 20.3. The molecule has 1 amide bonds. The molecule has 1 fully saturated rings. The zero-order chi connectivity index (χ0) is 31.1. The largest absolute Gasteiger partial charge is 0.455 e. The van der Waals surface area contributed by atoms with Crippen molar-refractivity contribution in [3.63, 3.8) is 0 Å². The predicted molar refractivity (Wildman–Crippen MR) is 166 cm³/mol. The monoisotopic (exact) mass is 627 g/mol. The summed E-state index contributed by atoms with van der Waals surface area (Å²) in [7, 11) is -4.50. The van der Waals surface area contributed by atoms with Crippen molar-refractivity contribution in [1.82, 2.24) is 9.62 Å². The van der Waals surface area contributed by atoms with Crippen molar-refractivity contribution in [2.75, 3.05) is 37.7 Å². The van der Waals surface area contributed by atoms with Crippen LogP contribution in [-0.2, 0) is 25.8 Å². The third kappa shape index (κ3) is 6.31. The highest BCUT2D eigenvalue weighted by atomic mass is 32.2. The van der Waals surface area contributed by atoms with E-state index in [9.17, 15) is 26.0 Å². The van der Waals surface area contributed by atoms with Crippen molar-refractivity contribution >= 4 is 42.6 Å². The number of sulfonamides is 2. The lowest BCUT2D eigenvalue weighted by Crippen LogP contribution is -2.40. The summed E-state index contributed by atoms with van der Waals surface area (Å²) < 4.78 is 74.5. The van der Waals surface area contributed by atoms with Crippen molar-refractivity contribution in [3.8, 4) is 11.3 Å². The van der Waals surface area contributed by atoms with Gasteiger partial charge in [-0.25, -0.2) is 25.5 Å². The van der Waals surface area contributed by atoms with Gasteiger partial charge in [0.15, 0.2) is 0 Å². The van der Waals surface area contributed by atoms with Crippen LogP contribution in [0.4, 0.5) is 10.1 Å². The molecule has 12 heteroatoms. The Balaban J connectivity index is 1.62. The number of nitrogens with zero attached hydrogens (tertiary/aromatic N) is 2. The van der Waals surface area contributed by atoms with Crippen molar-refractivity contribution < 1.29 is 30.4 Å². The molecule has 2 heterocycles. The quantitative estimate of drug-likeness (QED) is 0.294. The Morgan fingerprint density at radius 1 is 1.07 bits per heavy atom. The minimum atomic E-state index is -3.76. The lowest BCUT2D eigenvalue weighted by molar-refractivity contribution is 0.0964. The fraction of sp³-hybridized carbons (Fsp3) is 0.323. The molecule has 0 bridgehead atoms. The van der Waals surface area contributed by atoms with Gasteiger partial charge in [0.05, 0.1) is 23.3 Å². The highest BCUT2D eigenvalue weighted by Crippen LogP contribution is 2.42. The third-order valence-electron chi connectivity index (χ3n) is 7.92. The molecule has 0 saturated carbocycles. The van der Waals surface area contributed by atoms with E-state index < -0.39 is 25.9 Å². The van der Waals surface area contributed by atoms with Crippen LogP contribution in [0.25, 0.3) is 22.3 Å². The first-order valence-corrected chi connectivity index (χ1v) is 17.3. The van der Waals surface area contributed by atoms with Gasteiger partial charge >= 0.3 is 0 Å². The minimum Gasteiger partial charge on any atom is -0.455 e. The Labute approximate surface area is 251 Å². The number of amides is 1. The summed E-state index contributed by atoms with van der Waals surface area (Å²) in [5, 5.41) is 3.18. The number of hydrogen-bond acceptors (Lipinski definition) is 6. The number of piperidine rings is 1. The number of halogens is 1. The molecule has 4 aromatic rings. The topological polar surface area (TPSA) is 117 Å². The predicted octanol–water partition coefficient (Wildman–Crippen LogP) is 5.01. The Kier molecular flexibility index (Phi) is 8.39. The second kappa shape index (κ2) is 11.7. The smallest absolute Gasteiger partial charge is 0.255 e.